The molecule has 2 rings (SSSR count). The number of rotatable bonds is 6. The van der Waals surface area contributed by atoms with Gasteiger partial charge >= 0.3 is 0 Å². The van der Waals surface area contributed by atoms with Gasteiger partial charge in [-0.1, -0.05) is 6.92 Å². The maximum atomic E-state index is 12.9. The van der Waals surface area contributed by atoms with Crippen LogP contribution >= 0.6 is 0 Å². The number of hydrogen-bond acceptors (Lipinski definition) is 3. The molecule has 0 aliphatic heterocycles. The quantitative estimate of drug-likeness (QED) is 0.854. The summed E-state index contributed by atoms with van der Waals surface area (Å²) in [5, 5.41) is 9.61. The SMILES string of the molecule is CCN(C)CCNC(=O)c1cc(-c2ccc(F)cc2)n[nH]1. The number of aromatic amines is 1. The number of hydrogen-bond donors (Lipinski definition) is 2. The number of likely N-dealkylation sites (N-methyl/N-ethyl adjacent to an activating group) is 1. The third-order valence-electron chi connectivity index (χ3n) is 3.28. The van der Waals surface area contributed by atoms with E-state index in [9.17, 15) is 9.18 Å². The van der Waals surface area contributed by atoms with E-state index < -0.39 is 0 Å². The van der Waals surface area contributed by atoms with Crippen LogP contribution in [0.1, 0.15) is 17.4 Å². The first-order chi connectivity index (χ1) is 10.1. The van der Waals surface area contributed by atoms with Gasteiger partial charge in [-0.05, 0) is 43.9 Å². The number of carbonyl (C=O) groups excluding carboxylic acids is 1. The van der Waals surface area contributed by atoms with E-state index in [2.05, 4.69) is 27.3 Å². The summed E-state index contributed by atoms with van der Waals surface area (Å²) in [4.78, 5) is 14.1. The number of carbonyl (C=O) groups is 1. The predicted molar refractivity (Wildman–Crippen MR) is 79.5 cm³/mol. The summed E-state index contributed by atoms with van der Waals surface area (Å²) < 4.78 is 12.9. The summed E-state index contributed by atoms with van der Waals surface area (Å²) in [5.74, 6) is -0.493. The van der Waals surface area contributed by atoms with Crippen LogP contribution in [0.4, 0.5) is 4.39 Å². The molecule has 1 heterocycles. The molecule has 1 aromatic carbocycles. The molecular weight excluding hydrogens is 271 g/mol. The molecule has 1 aromatic heterocycles. The van der Waals surface area contributed by atoms with Crippen molar-refractivity contribution in [3.05, 3.63) is 41.8 Å². The molecule has 0 bridgehead atoms. The maximum absolute atomic E-state index is 12.9. The second-order valence-electron chi connectivity index (χ2n) is 4.83. The third-order valence-corrected chi connectivity index (χ3v) is 3.28. The molecule has 0 aliphatic carbocycles. The van der Waals surface area contributed by atoms with Gasteiger partial charge in [-0.25, -0.2) is 4.39 Å². The zero-order valence-corrected chi connectivity index (χ0v) is 12.2. The van der Waals surface area contributed by atoms with E-state index in [-0.39, 0.29) is 11.7 Å². The number of halogens is 1. The van der Waals surface area contributed by atoms with E-state index in [1.54, 1.807) is 18.2 Å². The van der Waals surface area contributed by atoms with Crippen LogP contribution in [-0.2, 0) is 0 Å². The lowest BCUT2D eigenvalue weighted by molar-refractivity contribution is 0.0945. The Hall–Kier alpha value is -2.21. The first-order valence-electron chi connectivity index (χ1n) is 6.88. The van der Waals surface area contributed by atoms with Crippen molar-refractivity contribution >= 4 is 5.91 Å². The molecule has 21 heavy (non-hydrogen) atoms. The lowest BCUT2D eigenvalue weighted by Gasteiger charge is -2.13. The molecule has 0 aliphatic rings. The summed E-state index contributed by atoms with van der Waals surface area (Å²) in [6, 6.07) is 7.65. The molecule has 0 fully saturated rings. The van der Waals surface area contributed by atoms with Gasteiger partial charge in [-0.3, -0.25) is 9.89 Å². The molecule has 1 amide bonds. The molecular formula is C15H19FN4O. The number of amides is 1. The fourth-order valence-electron chi connectivity index (χ4n) is 1.82. The van der Waals surface area contributed by atoms with E-state index in [0.717, 1.165) is 18.7 Å². The number of nitrogens with one attached hydrogen (secondary N) is 2. The molecule has 2 aromatic rings. The molecule has 0 saturated heterocycles. The van der Waals surface area contributed by atoms with Crippen molar-refractivity contribution < 1.29 is 9.18 Å². The van der Waals surface area contributed by atoms with Crippen molar-refractivity contribution in [3.63, 3.8) is 0 Å². The molecule has 0 saturated carbocycles. The average Bonchev–Trinajstić information content (AvgIpc) is 2.97. The highest BCUT2D eigenvalue weighted by atomic mass is 19.1. The Labute approximate surface area is 123 Å². The molecule has 0 radical (unpaired) electrons. The largest absolute Gasteiger partial charge is 0.349 e. The Morgan fingerprint density at radius 1 is 1.38 bits per heavy atom. The second kappa shape index (κ2) is 6.99. The minimum Gasteiger partial charge on any atom is -0.349 e. The Kier molecular flexibility index (Phi) is 5.05. The molecule has 0 unspecified atom stereocenters. The van der Waals surface area contributed by atoms with Gasteiger partial charge in [0.1, 0.15) is 11.5 Å². The number of H-pyrrole nitrogens is 1. The fourth-order valence-corrected chi connectivity index (χ4v) is 1.82. The Bertz CT molecular complexity index is 594. The van der Waals surface area contributed by atoms with Crippen molar-refractivity contribution in [2.75, 3.05) is 26.7 Å². The van der Waals surface area contributed by atoms with Crippen molar-refractivity contribution in [1.29, 1.82) is 0 Å². The Morgan fingerprint density at radius 2 is 2.10 bits per heavy atom. The number of nitrogens with zero attached hydrogens (tertiary/aromatic N) is 2. The van der Waals surface area contributed by atoms with Crippen LogP contribution in [0.25, 0.3) is 11.3 Å². The smallest absolute Gasteiger partial charge is 0.269 e. The summed E-state index contributed by atoms with van der Waals surface area (Å²) in [7, 11) is 2.00. The number of benzene rings is 1. The minimum absolute atomic E-state index is 0.194. The van der Waals surface area contributed by atoms with Crippen LogP contribution < -0.4 is 5.32 Å². The van der Waals surface area contributed by atoms with Gasteiger partial charge in [0.15, 0.2) is 0 Å². The standard InChI is InChI=1S/C15H19FN4O/c1-3-20(2)9-8-17-15(21)14-10-13(18-19-14)11-4-6-12(16)7-5-11/h4-7,10H,3,8-9H2,1-2H3,(H,17,21)(H,18,19). The van der Waals surface area contributed by atoms with Gasteiger partial charge in [0.25, 0.3) is 5.91 Å². The summed E-state index contributed by atoms with van der Waals surface area (Å²) in [6.07, 6.45) is 0. The highest BCUT2D eigenvalue weighted by Gasteiger charge is 2.10. The van der Waals surface area contributed by atoms with Gasteiger partial charge in [0.2, 0.25) is 0 Å². The summed E-state index contributed by atoms with van der Waals surface area (Å²) >= 11 is 0. The van der Waals surface area contributed by atoms with Crippen LogP contribution in [0.5, 0.6) is 0 Å². The van der Waals surface area contributed by atoms with Crippen LogP contribution in [0.3, 0.4) is 0 Å². The minimum atomic E-state index is -0.299. The van der Waals surface area contributed by atoms with Crippen molar-refractivity contribution in [2.24, 2.45) is 0 Å². The van der Waals surface area contributed by atoms with E-state index in [1.807, 2.05) is 7.05 Å². The zero-order chi connectivity index (χ0) is 15.2. The topological polar surface area (TPSA) is 61.0 Å². The lowest BCUT2D eigenvalue weighted by Crippen LogP contribution is -2.33. The fraction of sp³-hybridized carbons (Fsp3) is 0.333. The maximum Gasteiger partial charge on any atom is 0.269 e. The van der Waals surface area contributed by atoms with Crippen LogP contribution in [0.15, 0.2) is 30.3 Å². The molecule has 0 spiro atoms. The van der Waals surface area contributed by atoms with E-state index in [0.29, 0.717) is 17.9 Å². The normalized spacial score (nSPS) is 10.9. The Morgan fingerprint density at radius 3 is 2.76 bits per heavy atom. The monoisotopic (exact) mass is 290 g/mol. The summed E-state index contributed by atoms with van der Waals surface area (Å²) in [5.41, 5.74) is 1.77. The second-order valence-corrected chi connectivity index (χ2v) is 4.83. The zero-order valence-electron chi connectivity index (χ0n) is 12.2. The lowest BCUT2D eigenvalue weighted by atomic mass is 10.1. The molecule has 112 valence electrons. The Balaban J connectivity index is 1.96. The number of aromatic nitrogens is 2. The van der Waals surface area contributed by atoms with Gasteiger partial charge in [0.05, 0.1) is 5.69 Å². The molecule has 2 N–H and O–H groups in total. The van der Waals surface area contributed by atoms with Crippen molar-refractivity contribution in [1.82, 2.24) is 20.4 Å². The molecule has 6 heteroatoms. The van der Waals surface area contributed by atoms with Crippen LogP contribution in [-0.4, -0.2) is 47.7 Å². The molecule has 0 atom stereocenters. The van der Waals surface area contributed by atoms with E-state index >= 15 is 0 Å². The molecule has 5 nitrogen and oxygen atoms in total. The van der Waals surface area contributed by atoms with Crippen LogP contribution in [0, 0.1) is 5.82 Å². The van der Waals surface area contributed by atoms with Crippen LogP contribution in [0.2, 0.25) is 0 Å². The van der Waals surface area contributed by atoms with Crippen molar-refractivity contribution in [2.45, 2.75) is 6.92 Å². The highest BCUT2D eigenvalue weighted by Crippen LogP contribution is 2.17. The third kappa shape index (κ3) is 4.13. The average molecular weight is 290 g/mol. The van der Waals surface area contributed by atoms with Gasteiger partial charge in [-0.15, -0.1) is 0 Å². The highest BCUT2D eigenvalue weighted by molar-refractivity contribution is 5.93. The first-order valence-corrected chi connectivity index (χ1v) is 6.88. The van der Waals surface area contributed by atoms with Crippen molar-refractivity contribution in [3.8, 4) is 11.3 Å². The van der Waals surface area contributed by atoms with Gasteiger partial charge in [0, 0.05) is 18.7 Å². The van der Waals surface area contributed by atoms with E-state index in [4.69, 9.17) is 0 Å². The van der Waals surface area contributed by atoms with E-state index in [1.165, 1.54) is 12.1 Å². The summed E-state index contributed by atoms with van der Waals surface area (Å²) in [6.45, 7) is 4.37. The predicted octanol–water partition coefficient (Wildman–Crippen LogP) is 1.90. The van der Waals surface area contributed by atoms with Gasteiger partial charge < -0.3 is 10.2 Å². The first kappa shape index (κ1) is 15.2. The van der Waals surface area contributed by atoms with Gasteiger partial charge in [-0.2, -0.15) is 5.10 Å².